The lowest BCUT2D eigenvalue weighted by Gasteiger charge is -2.14. The molecule has 0 saturated heterocycles. The highest BCUT2D eigenvalue weighted by Crippen LogP contribution is 2.44. The van der Waals surface area contributed by atoms with Gasteiger partial charge in [-0.25, -0.2) is 0 Å². The molecule has 0 amide bonds. The van der Waals surface area contributed by atoms with Crippen molar-refractivity contribution in [1.29, 1.82) is 0 Å². The number of unbranched alkanes of at least 4 members (excludes halogenated alkanes) is 1. The third-order valence-electron chi connectivity index (χ3n) is 4.78. The summed E-state index contributed by atoms with van der Waals surface area (Å²) in [7, 11) is -3.86. The summed E-state index contributed by atoms with van der Waals surface area (Å²) < 4.78 is 28.6. The first-order chi connectivity index (χ1) is 12.0. The lowest BCUT2D eigenvalue weighted by atomic mass is 9.91. The Hall–Kier alpha value is -1.96. The lowest BCUT2D eigenvalue weighted by molar-refractivity contribution is 0.283. The van der Waals surface area contributed by atoms with Gasteiger partial charge in [-0.05, 0) is 57.1 Å². The van der Waals surface area contributed by atoms with Crippen molar-refractivity contribution in [2.24, 2.45) is 0 Å². The van der Waals surface area contributed by atoms with Crippen LogP contribution in [-0.4, -0.2) is 13.3 Å². The van der Waals surface area contributed by atoms with Crippen molar-refractivity contribution in [3.63, 3.8) is 0 Å². The second-order valence-corrected chi connectivity index (χ2v) is 8.37. The van der Waals surface area contributed by atoms with Crippen molar-refractivity contribution < 1.29 is 13.3 Å². The Morgan fingerprint density at radius 3 is 2.24 bits per heavy atom. The Morgan fingerprint density at radius 2 is 1.52 bits per heavy atom. The molecule has 4 aromatic rings. The van der Waals surface area contributed by atoms with Crippen LogP contribution in [0.25, 0.3) is 32.3 Å². The number of aryl methyl sites for hydroxylation is 1. The Balaban J connectivity index is 1.65. The van der Waals surface area contributed by atoms with E-state index in [0.29, 0.717) is 6.42 Å². The largest absolute Gasteiger partial charge is 0.364 e. The second-order valence-electron chi connectivity index (χ2n) is 6.62. The Labute approximate surface area is 146 Å². The smallest absolute Gasteiger partial charge is 0.306 e. The average Bonchev–Trinajstić information content (AvgIpc) is 2.59. The molecule has 25 heavy (non-hydrogen) atoms. The standard InChI is InChI=1S/C21H20FO2P/c1-25(22,23)24-14-3-2-5-15-8-9-18-11-10-16-6-4-7-17-12-13-19(15)21(18)20(16)17/h4,6-13H,2-3,5,14H2,1H3. The SMILES string of the molecule is CP(=O)(F)OCCCCc1ccc2ccc3cccc4ccc1c2c34. The Bertz CT molecular complexity index is 1070. The predicted molar refractivity (Wildman–Crippen MR) is 104 cm³/mol. The minimum Gasteiger partial charge on any atom is -0.306 e. The molecule has 4 heteroatoms. The summed E-state index contributed by atoms with van der Waals surface area (Å²) in [5.74, 6) is 0. The molecule has 0 aliphatic heterocycles. The van der Waals surface area contributed by atoms with Gasteiger partial charge in [-0.3, -0.25) is 4.57 Å². The van der Waals surface area contributed by atoms with Crippen LogP contribution in [0.2, 0.25) is 0 Å². The van der Waals surface area contributed by atoms with Gasteiger partial charge in [0.15, 0.2) is 0 Å². The monoisotopic (exact) mass is 354 g/mol. The molecule has 0 aliphatic rings. The van der Waals surface area contributed by atoms with Crippen molar-refractivity contribution in [1.82, 2.24) is 0 Å². The third-order valence-corrected chi connectivity index (χ3v) is 5.43. The molecule has 1 atom stereocenters. The van der Waals surface area contributed by atoms with E-state index in [2.05, 4.69) is 54.6 Å². The summed E-state index contributed by atoms with van der Waals surface area (Å²) in [6.45, 7) is 1.21. The molecule has 4 rings (SSSR count). The van der Waals surface area contributed by atoms with Crippen LogP contribution in [0.5, 0.6) is 0 Å². The van der Waals surface area contributed by atoms with Gasteiger partial charge in [-0.15, -0.1) is 0 Å². The van der Waals surface area contributed by atoms with Crippen LogP contribution in [0, 0.1) is 0 Å². The molecule has 0 aliphatic carbocycles. The third kappa shape index (κ3) is 3.27. The fourth-order valence-corrected chi connectivity index (χ4v) is 4.11. The normalized spacial score (nSPS) is 14.5. The van der Waals surface area contributed by atoms with E-state index < -0.39 is 7.68 Å². The first kappa shape index (κ1) is 16.5. The fraction of sp³-hybridized carbons (Fsp3) is 0.238. The maximum atomic E-state index is 12.9. The maximum Gasteiger partial charge on any atom is 0.364 e. The number of hydrogen-bond acceptors (Lipinski definition) is 2. The molecule has 0 N–H and O–H groups in total. The van der Waals surface area contributed by atoms with Crippen LogP contribution in [0.4, 0.5) is 4.20 Å². The molecule has 0 bridgehead atoms. The van der Waals surface area contributed by atoms with Crippen molar-refractivity contribution in [3.05, 3.63) is 60.2 Å². The molecular weight excluding hydrogens is 334 g/mol. The first-order valence-electron chi connectivity index (χ1n) is 8.60. The van der Waals surface area contributed by atoms with E-state index in [1.165, 1.54) is 37.9 Å². The Morgan fingerprint density at radius 1 is 0.880 bits per heavy atom. The summed E-state index contributed by atoms with van der Waals surface area (Å²) in [6, 6.07) is 19.5. The maximum absolute atomic E-state index is 12.9. The van der Waals surface area contributed by atoms with Gasteiger partial charge in [0.25, 0.3) is 0 Å². The van der Waals surface area contributed by atoms with Gasteiger partial charge in [-0.1, -0.05) is 54.6 Å². The van der Waals surface area contributed by atoms with Gasteiger partial charge in [0.1, 0.15) is 0 Å². The summed E-state index contributed by atoms with van der Waals surface area (Å²) in [4.78, 5) is 0. The molecule has 4 aromatic carbocycles. The molecule has 0 saturated carbocycles. The molecule has 0 radical (unpaired) electrons. The van der Waals surface area contributed by atoms with E-state index >= 15 is 0 Å². The van der Waals surface area contributed by atoms with Crippen molar-refractivity contribution >= 4 is 40.0 Å². The highest BCUT2D eigenvalue weighted by molar-refractivity contribution is 7.52. The second kappa shape index (κ2) is 6.40. The van der Waals surface area contributed by atoms with E-state index in [1.807, 2.05) is 0 Å². The van der Waals surface area contributed by atoms with Crippen LogP contribution >= 0.6 is 7.68 Å². The summed E-state index contributed by atoms with van der Waals surface area (Å²) in [5, 5.41) is 7.73. The van der Waals surface area contributed by atoms with Gasteiger partial charge in [0, 0.05) is 6.66 Å². The van der Waals surface area contributed by atoms with Crippen molar-refractivity contribution in [3.8, 4) is 0 Å². The molecule has 0 spiro atoms. The minimum absolute atomic E-state index is 0.204. The topological polar surface area (TPSA) is 26.3 Å². The lowest BCUT2D eigenvalue weighted by Crippen LogP contribution is -1.94. The summed E-state index contributed by atoms with van der Waals surface area (Å²) >= 11 is 0. The van der Waals surface area contributed by atoms with E-state index in [0.717, 1.165) is 19.5 Å². The fourth-order valence-electron chi connectivity index (χ4n) is 3.66. The van der Waals surface area contributed by atoms with E-state index in [4.69, 9.17) is 4.52 Å². The number of rotatable bonds is 6. The average molecular weight is 354 g/mol. The molecule has 1 unspecified atom stereocenters. The van der Waals surface area contributed by atoms with Crippen LogP contribution in [0.3, 0.4) is 0 Å². The van der Waals surface area contributed by atoms with Crippen LogP contribution in [-0.2, 0) is 15.5 Å². The quantitative estimate of drug-likeness (QED) is 0.218. The van der Waals surface area contributed by atoms with Crippen molar-refractivity contribution in [2.45, 2.75) is 19.3 Å². The zero-order chi connectivity index (χ0) is 17.4. The van der Waals surface area contributed by atoms with Crippen molar-refractivity contribution in [2.75, 3.05) is 13.3 Å². The summed E-state index contributed by atoms with van der Waals surface area (Å²) in [5.41, 5.74) is 1.30. The zero-order valence-electron chi connectivity index (χ0n) is 14.2. The highest BCUT2D eigenvalue weighted by atomic mass is 31.2. The van der Waals surface area contributed by atoms with Crippen LogP contribution < -0.4 is 0 Å². The van der Waals surface area contributed by atoms with E-state index in [1.54, 1.807) is 0 Å². The molecule has 2 nitrogen and oxygen atoms in total. The number of halogens is 1. The van der Waals surface area contributed by atoms with Gasteiger partial charge in [0.2, 0.25) is 0 Å². The minimum atomic E-state index is -3.86. The first-order valence-corrected chi connectivity index (χ1v) is 10.6. The summed E-state index contributed by atoms with van der Waals surface area (Å²) in [6.07, 6.45) is 2.48. The highest BCUT2D eigenvalue weighted by Gasteiger charge is 2.13. The number of benzene rings is 4. The molecule has 0 fully saturated rings. The van der Waals surface area contributed by atoms with Gasteiger partial charge in [-0.2, -0.15) is 4.20 Å². The molecular formula is C21H20FO2P. The molecule has 0 heterocycles. The molecule has 128 valence electrons. The van der Waals surface area contributed by atoms with E-state index in [-0.39, 0.29) is 6.61 Å². The Kier molecular flexibility index (Phi) is 4.23. The van der Waals surface area contributed by atoms with Gasteiger partial charge >= 0.3 is 7.68 Å². The number of hydrogen-bond donors (Lipinski definition) is 0. The van der Waals surface area contributed by atoms with Crippen LogP contribution in [0.15, 0.2) is 54.6 Å². The zero-order valence-corrected chi connectivity index (χ0v) is 15.1. The van der Waals surface area contributed by atoms with Crippen LogP contribution in [0.1, 0.15) is 18.4 Å². The van der Waals surface area contributed by atoms with Gasteiger partial charge < -0.3 is 4.52 Å². The van der Waals surface area contributed by atoms with Gasteiger partial charge in [0.05, 0.1) is 6.61 Å². The molecule has 0 aromatic heterocycles. The predicted octanol–water partition coefficient (Wildman–Crippen LogP) is 6.72. The van der Waals surface area contributed by atoms with E-state index in [9.17, 15) is 8.76 Å².